The summed E-state index contributed by atoms with van der Waals surface area (Å²) in [5, 5.41) is 9.15. The van der Waals surface area contributed by atoms with Gasteiger partial charge in [0.15, 0.2) is 11.5 Å². The molecular formula is C19H18N2O5S. The first kappa shape index (κ1) is 17.6. The molecule has 0 spiro atoms. The fourth-order valence-electron chi connectivity index (χ4n) is 3.22. The van der Waals surface area contributed by atoms with E-state index in [9.17, 15) is 8.42 Å². The maximum atomic E-state index is 12.9. The van der Waals surface area contributed by atoms with Crippen molar-refractivity contribution in [3.8, 4) is 23.3 Å². The number of hydrogen-bond donors (Lipinski definition) is 0. The first-order valence-electron chi connectivity index (χ1n) is 8.63. The zero-order valence-corrected chi connectivity index (χ0v) is 15.3. The van der Waals surface area contributed by atoms with E-state index in [-0.39, 0.29) is 17.8 Å². The molecule has 0 amide bonds. The number of rotatable bonds is 4. The number of fused-ring (bicyclic) bond motifs is 1. The SMILES string of the molecule is N#Cc1ccccc1OC1CCN(S(=O)(=O)c2ccc3c(c2)OCO3)CC1. The van der Waals surface area contributed by atoms with Crippen LogP contribution in [-0.4, -0.2) is 38.7 Å². The van der Waals surface area contributed by atoms with Crippen molar-refractivity contribution < 1.29 is 22.6 Å². The highest BCUT2D eigenvalue weighted by Gasteiger charge is 2.31. The quantitative estimate of drug-likeness (QED) is 0.802. The van der Waals surface area contributed by atoms with Crippen LogP contribution in [0.25, 0.3) is 0 Å². The van der Waals surface area contributed by atoms with Crippen molar-refractivity contribution in [2.24, 2.45) is 0 Å². The fourth-order valence-corrected chi connectivity index (χ4v) is 4.70. The van der Waals surface area contributed by atoms with Crippen LogP contribution in [0.5, 0.6) is 17.2 Å². The molecule has 1 fully saturated rings. The molecule has 1 saturated heterocycles. The zero-order valence-electron chi connectivity index (χ0n) is 14.5. The molecule has 0 radical (unpaired) electrons. The van der Waals surface area contributed by atoms with Gasteiger partial charge in [0.25, 0.3) is 0 Å². The number of benzene rings is 2. The zero-order chi connectivity index (χ0) is 18.9. The summed E-state index contributed by atoms with van der Waals surface area (Å²) in [5.74, 6) is 1.54. The molecule has 7 nitrogen and oxygen atoms in total. The molecule has 2 aromatic rings. The Morgan fingerprint density at radius 2 is 1.81 bits per heavy atom. The number of ether oxygens (including phenoxy) is 3. The van der Waals surface area contributed by atoms with Crippen LogP contribution in [0, 0.1) is 11.3 Å². The van der Waals surface area contributed by atoms with Crippen molar-refractivity contribution in [2.45, 2.75) is 23.8 Å². The van der Waals surface area contributed by atoms with Crippen molar-refractivity contribution in [3.63, 3.8) is 0 Å². The highest BCUT2D eigenvalue weighted by atomic mass is 32.2. The summed E-state index contributed by atoms with van der Waals surface area (Å²) < 4.78 is 43.7. The molecule has 0 saturated carbocycles. The highest BCUT2D eigenvalue weighted by Crippen LogP contribution is 2.35. The molecule has 140 valence electrons. The Balaban J connectivity index is 1.43. The second-order valence-electron chi connectivity index (χ2n) is 6.34. The third-order valence-electron chi connectivity index (χ3n) is 4.68. The van der Waals surface area contributed by atoms with E-state index >= 15 is 0 Å². The summed E-state index contributed by atoms with van der Waals surface area (Å²) >= 11 is 0. The third-order valence-corrected chi connectivity index (χ3v) is 6.58. The average molecular weight is 386 g/mol. The first-order chi connectivity index (χ1) is 13.1. The van der Waals surface area contributed by atoms with Gasteiger partial charge in [0, 0.05) is 19.2 Å². The van der Waals surface area contributed by atoms with Gasteiger partial charge in [0.1, 0.15) is 17.9 Å². The van der Waals surface area contributed by atoms with Gasteiger partial charge in [-0.25, -0.2) is 8.42 Å². The van der Waals surface area contributed by atoms with E-state index < -0.39 is 10.0 Å². The molecular weight excluding hydrogens is 368 g/mol. The van der Waals surface area contributed by atoms with Crippen molar-refractivity contribution in [3.05, 3.63) is 48.0 Å². The van der Waals surface area contributed by atoms with Gasteiger partial charge in [-0.15, -0.1) is 0 Å². The van der Waals surface area contributed by atoms with Gasteiger partial charge in [0.05, 0.1) is 10.5 Å². The normalized spacial score (nSPS) is 17.4. The Kier molecular flexibility index (Phi) is 4.64. The number of hydrogen-bond acceptors (Lipinski definition) is 6. The number of sulfonamides is 1. The minimum atomic E-state index is -3.60. The lowest BCUT2D eigenvalue weighted by Gasteiger charge is -2.31. The smallest absolute Gasteiger partial charge is 0.243 e. The van der Waals surface area contributed by atoms with E-state index in [0.717, 1.165) is 0 Å². The molecule has 2 heterocycles. The summed E-state index contributed by atoms with van der Waals surface area (Å²) in [4.78, 5) is 0.195. The minimum absolute atomic E-state index is 0.103. The van der Waals surface area contributed by atoms with E-state index in [4.69, 9.17) is 19.5 Å². The summed E-state index contributed by atoms with van der Waals surface area (Å²) in [6.45, 7) is 0.818. The topological polar surface area (TPSA) is 88.9 Å². The molecule has 2 aliphatic heterocycles. The van der Waals surface area contributed by atoms with Crippen LogP contribution in [0.2, 0.25) is 0 Å². The largest absolute Gasteiger partial charge is 0.489 e. The monoisotopic (exact) mass is 386 g/mol. The van der Waals surface area contributed by atoms with Crippen LogP contribution in [-0.2, 0) is 10.0 Å². The number of piperidine rings is 1. The Bertz CT molecular complexity index is 991. The second kappa shape index (κ2) is 7.10. The van der Waals surface area contributed by atoms with Crippen LogP contribution < -0.4 is 14.2 Å². The summed E-state index contributed by atoms with van der Waals surface area (Å²) in [6, 6.07) is 13.8. The van der Waals surface area contributed by atoms with Crippen molar-refractivity contribution >= 4 is 10.0 Å². The molecule has 0 N–H and O–H groups in total. The van der Waals surface area contributed by atoms with Crippen molar-refractivity contribution in [2.75, 3.05) is 19.9 Å². The lowest BCUT2D eigenvalue weighted by molar-refractivity contribution is 0.134. The molecule has 0 atom stereocenters. The van der Waals surface area contributed by atoms with Gasteiger partial charge in [-0.1, -0.05) is 12.1 Å². The second-order valence-corrected chi connectivity index (χ2v) is 8.28. The van der Waals surface area contributed by atoms with Crippen LogP contribution in [0.15, 0.2) is 47.4 Å². The van der Waals surface area contributed by atoms with Crippen molar-refractivity contribution in [1.29, 1.82) is 5.26 Å². The average Bonchev–Trinajstić information content (AvgIpc) is 3.17. The first-order valence-corrected chi connectivity index (χ1v) is 10.1. The molecule has 0 unspecified atom stereocenters. The van der Waals surface area contributed by atoms with Crippen molar-refractivity contribution in [1.82, 2.24) is 4.31 Å². The predicted molar refractivity (Wildman–Crippen MR) is 96.1 cm³/mol. The molecule has 0 bridgehead atoms. The summed E-state index contributed by atoms with van der Waals surface area (Å²) in [6.07, 6.45) is 0.996. The van der Waals surface area contributed by atoms with E-state index in [1.54, 1.807) is 24.3 Å². The van der Waals surface area contributed by atoms with Gasteiger partial charge in [0.2, 0.25) is 16.8 Å². The number of para-hydroxylation sites is 1. The molecule has 0 aliphatic carbocycles. The number of nitriles is 1. The van der Waals surface area contributed by atoms with Gasteiger partial charge < -0.3 is 14.2 Å². The van der Waals surface area contributed by atoms with Gasteiger partial charge in [-0.3, -0.25) is 0 Å². The molecule has 27 heavy (non-hydrogen) atoms. The van der Waals surface area contributed by atoms with Gasteiger partial charge in [-0.05, 0) is 37.1 Å². The maximum Gasteiger partial charge on any atom is 0.243 e. The standard InChI is InChI=1S/C19H18N2O5S/c20-12-14-3-1-2-4-17(14)26-15-7-9-21(10-8-15)27(22,23)16-5-6-18-19(11-16)25-13-24-18/h1-6,11,15H,7-10,13H2. The molecule has 8 heteroatoms. The van der Waals surface area contributed by atoms with Crippen LogP contribution in [0.1, 0.15) is 18.4 Å². The van der Waals surface area contributed by atoms with E-state index in [0.29, 0.717) is 48.7 Å². The Morgan fingerprint density at radius 1 is 1.07 bits per heavy atom. The molecule has 4 rings (SSSR count). The molecule has 2 aromatic carbocycles. The van der Waals surface area contributed by atoms with Crippen LogP contribution in [0.3, 0.4) is 0 Å². The van der Waals surface area contributed by atoms with Gasteiger partial charge in [-0.2, -0.15) is 9.57 Å². The van der Waals surface area contributed by atoms with Gasteiger partial charge >= 0.3 is 0 Å². The predicted octanol–water partition coefficient (Wildman–Crippen LogP) is 2.52. The van der Waals surface area contributed by atoms with E-state index in [1.165, 1.54) is 16.4 Å². The molecule has 0 aromatic heterocycles. The lowest BCUT2D eigenvalue weighted by Crippen LogP contribution is -2.41. The Labute approximate surface area is 157 Å². The summed E-state index contributed by atoms with van der Waals surface area (Å²) in [7, 11) is -3.60. The molecule has 2 aliphatic rings. The summed E-state index contributed by atoms with van der Waals surface area (Å²) in [5.41, 5.74) is 0.480. The minimum Gasteiger partial charge on any atom is -0.489 e. The Morgan fingerprint density at radius 3 is 2.59 bits per heavy atom. The lowest BCUT2D eigenvalue weighted by atomic mass is 10.1. The van der Waals surface area contributed by atoms with Crippen LogP contribution >= 0.6 is 0 Å². The van der Waals surface area contributed by atoms with E-state index in [2.05, 4.69) is 6.07 Å². The van der Waals surface area contributed by atoms with Crippen LogP contribution in [0.4, 0.5) is 0 Å². The fraction of sp³-hybridized carbons (Fsp3) is 0.316. The highest BCUT2D eigenvalue weighted by molar-refractivity contribution is 7.89. The Hall–Kier alpha value is -2.76. The third kappa shape index (κ3) is 3.44. The number of nitrogens with zero attached hydrogens (tertiary/aromatic N) is 2. The maximum absolute atomic E-state index is 12.9. The van der Waals surface area contributed by atoms with E-state index in [1.807, 2.05) is 6.07 Å².